The highest BCUT2D eigenvalue weighted by molar-refractivity contribution is 5.30. The van der Waals surface area contributed by atoms with Crippen molar-refractivity contribution in [1.29, 1.82) is 0 Å². The number of hydrogen-bond donors (Lipinski definition) is 1. The van der Waals surface area contributed by atoms with E-state index in [0.29, 0.717) is 5.92 Å². The SMILES string of the molecule is CCn1nc2c(c1C)CCCC2CCN. The number of hydrogen-bond acceptors (Lipinski definition) is 2. The second-order valence-corrected chi connectivity index (χ2v) is 4.43. The fourth-order valence-electron chi connectivity index (χ4n) is 2.70. The molecule has 1 aliphatic rings. The predicted octanol–water partition coefficient (Wildman–Crippen LogP) is 1.98. The van der Waals surface area contributed by atoms with Crippen LogP contribution in [0.4, 0.5) is 0 Å². The van der Waals surface area contributed by atoms with Gasteiger partial charge in [-0.2, -0.15) is 5.10 Å². The van der Waals surface area contributed by atoms with Gasteiger partial charge in [0.25, 0.3) is 0 Å². The maximum absolute atomic E-state index is 5.66. The molecule has 3 nitrogen and oxygen atoms in total. The summed E-state index contributed by atoms with van der Waals surface area (Å²) < 4.78 is 2.14. The summed E-state index contributed by atoms with van der Waals surface area (Å²) >= 11 is 0. The van der Waals surface area contributed by atoms with Crippen molar-refractivity contribution < 1.29 is 0 Å². The molecule has 15 heavy (non-hydrogen) atoms. The molecular formula is C12H21N3. The minimum Gasteiger partial charge on any atom is -0.330 e. The van der Waals surface area contributed by atoms with E-state index >= 15 is 0 Å². The van der Waals surface area contributed by atoms with E-state index in [1.807, 2.05) is 0 Å². The van der Waals surface area contributed by atoms with Gasteiger partial charge in [0.1, 0.15) is 0 Å². The average Bonchev–Trinajstić information content (AvgIpc) is 2.58. The lowest BCUT2D eigenvalue weighted by Gasteiger charge is -2.20. The van der Waals surface area contributed by atoms with Crippen LogP contribution in [0, 0.1) is 6.92 Å². The number of aromatic nitrogens is 2. The largest absolute Gasteiger partial charge is 0.330 e. The summed E-state index contributed by atoms with van der Waals surface area (Å²) in [5, 5.41) is 4.73. The molecule has 0 bridgehead atoms. The standard InChI is InChI=1S/C12H21N3/c1-3-15-9(2)11-6-4-5-10(7-8-13)12(11)14-15/h10H,3-8,13H2,1-2H3. The Bertz CT molecular complexity index is 341. The first-order chi connectivity index (χ1) is 7.27. The summed E-state index contributed by atoms with van der Waals surface area (Å²) in [6.45, 7) is 6.11. The van der Waals surface area contributed by atoms with Crippen molar-refractivity contribution >= 4 is 0 Å². The highest BCUT2D eigenvalue weighted by atomic mass is 15.3. The van der Waals surface area contributed by atoms with Crippen molar-refractivity contribution in [1.82, 2.24) is 9.78 Å². The van der Waals surface area contributed by atoms with E-state index in [9.17, 15) is 0 Å². The number of rotatable bonds is 3. The van der Waals surface area contributed by atoms with Crippen LogP contribution in [-0.4, -0.2) is 16.3 Å². The van der Waals surface area contributed by atoms with Gasteiger partial charge >= 0.3 is 0 Å². The molecule has 0 saturated carbocycles. The van der Waals surface area contributed by atoms with E-state index < -0.39 is 0 Å². The van der Waals surface area contributed by atoms with Gasteiger partial charge in [0.15, 0.2) is 0 Å². The summed E-state index contributed by atoms with van der Waals surface area (Å²) in [5.74, 6) is 0.616. The Morgan fingerprint density at radius 1 is 1.53 bits per heavy atom. The molecule has 2 N–H and O–H groups in total. The van der Waals surface area contributed by atoms with E-state index in [0.717, 1.165) is 19.5 Å². The highest BCUT2D eigenvalue weighted by Crippen LogP contribution is 2.34. The Kier molecular flexibility index (Phi) is 3.10. The molecule has 84 valence electrons. The topological polar surface area (TPSA) is 43.8 Å². The molecule has 0 fully saturated rings. The van der Waals surface area contributed by atoms with Crippen LogP contribution in [0.3, 0.4) is 0 Å². The molecule has 1 atom stereocenters. The fraction of sp³-hybridized carbons (Fsp3) is 0.750. The van der Waals surface area contributed by atoms with Crippen molar-refractivity contribution in [3.8, 4) is 0 Å². The smallest absolute Gasteiger partial charge is 0.0690 e. The maximum atomic E-state index is 5.66. The monoisotopic (exact) mass is 207 g/mol. The first-order valence-electron chi connectivity index (χ1n) is 6.04. The Labute approximate surface area is 91.7 Å². The zero-order valence-electron chi connectivity index (χ0n) is 9.79. The molecule has 1 aromatic heterocycles. The molecule has 0 radical (unpaired) electrons. The van der Waals surface area contributed by atoms with Crippen molar-refractivity contribution in [2.75, 3.05) is 6.54 Å². The van der Waals surface area contributed by atoms with Crippen LogP contribution in [0.5, 0.6) is 0 Å². The van der Waals surface area contributed by atoms with Gasteiger partial charge in [0.05, 0.1) is 5.69 Å². The molecule has 1 aliphatic carbocycles. The summed E-state index contributed by atoms with van der Waals surface area (Å²) in [7, 11) is 0. The van der Waals surface area contributed by atoms with Crippen molar-refractivity contribution in [3.63, 3.8) is 0 Å². The van der Waals surface area contributed by atoms with Crippen molar-refractivity contribution in [2.24, 2.45) is 5.73 Å². The Balaban J connectivity index is 2.34. The molecule has 3 heteroatoms. The number of nitrogens with zero attached hydrogens (tertiary/aromatic N) is 2. The molecule has 1 heterocycles. The molecule has 0 aliphatic heterocycles. The summed E-state index contributed by atoms with van der Waals surface area (Å²) in [6.07, 6.45) is 4.87. The Morgan fingerprint density at radius 3 is 3.00 bits per heavy atom. The Hall–Kier alpha value is -0.830. The molecule has 2 rings (SSSR count). The zero-order valence-corrected chi connectivity index (χ0v) is 9.79. The van der Waals surface area contributed by atoms with Gasteiger partial charge in [0.2, 0.25) is 0 Å². The summed E-state index contributed by atoms with van der Waals surface area (Å²) in [5.41, 5.74) is 9.87. The zero-order chi connectivity index (χ0) is 10.8. The molecule has 0 amide bonds. The Morgan fingerprint density at radius 2 is 2.33 bits per heavy atom. The summed E-state index contributed by atoms with van der Waals surface area (Å²) in [4.78, 5) is 0. The van der Waals surface area contributed by atoms with E-state index in [1.165, 1.54) is 36.2 Å². The van der Waals surface area contributed by atoms with Crippen molar-refractivity contribution in [2.45, 2.75) is 52.0 Å². The van der Waals surface area contributed by atoms with Crippen LogP contribution in [0.15, 0.2) is 0 Å². The quantitative estimate of drug-likeness (QED) is 0.823. The molecule has 1 unspecified atom stereocenters. The number of nitrogens with two attached hydrogens (primary N) is 1. The number of aryl methyl sites for hydroxylation is 1. The van der Waals surface area contributed by atoms with Gasteiger partial charge in [0, 0.05) is 18.2 Å². The predicted molar refractivity (Wildman–Crippen MR) is 62.0 cm³/mol. The molecule has 0 saturated heterocycles. The minimum absolute atomic E-state index is 0.616. The third-order valence-electron chi connectivity index (χ3n) is 3.54. The lowest BCUT2D eigenvalue weighted by Crippen LogP contribution is -2.13. The fourth-order valence-corrected chi connectivity index (χ4v) is 2.70. The highest BCUT2D eigenvalue weighted by Gasteiger charge is 2.25. The third kappa shape index (κ3) is 1.81. The van der Waals surface area contributed by atoms with E-state index in [-0.39, 0.29) is 0 Å². The molecule has 1 aromatic rings. The van der Waals surface area contributed by atoms with E-state index in [4.69, 9.17) is 10.8 Å². The van der Waals surface area contributed by atoms with Crippen LogP contribution in [0.25, 0.3) is 0 Å². The van der Waals surface area contributed by atoms with Gasteiger partial charge in [-0.05, 0) is 51.6 Å². The van der Waals surface area contributed by atoms with E-state index in [2.05, 4.69) is 18.5 Å². The molecular weight excluding hydrogens is 186 g/mol. The summed E-state index contributed by atoms with van der Waals surface area (Å²) in [6, 6.07) is 0. The second-order valence-electron chi connectivity index (χ2n) is 4.43. The van der Waals surface area contributed by atoms with E-state index in [1.54, 1.807) is 0 Å². The third-order valence-corrected chi connectivity index (χ3v) is 3.54. The number of fused-ring (bicyclic) bond motifs is 1. The molecule has 0 spiro atoms. The van der Waals surface area contributed by atoms with Gasteiger partial charge < -0.3 is 5.73 Å². The van der Waals surface area contributed by atoms with Crippen LogP contribution >= 0.6 is 0 Å². The van der Waals surface area contributed by atoms with Gasteiger partial charge in [-0.25, -0.2) is 0 Å². The first kappa shape index (κ1) is 10.7. The van der Waals surface area contributed by atoms with Gasteiger partial charge in [-0.1, -0.05) is 0 Å². The van der Waals surface area contributed by atoms with Gasteiger partial charge in [-0.3, -0.25) is 4.68 Å². The van der Waals surface area contributed by atoms with Crippen LogP contribution in [-0.2, 0) is 13.0 Å². The lowest BCUT2D eigenvalue weighted by molar-refractivity contribution is 0.508. The van der Waals surface area contributed by atoms with Gasteiger partial charge in [-0.15, -0.1) is 0 Å². The average molecular weight is 207 g/mol. The van der Waals surface area contributed by atoms with Crippen molar-refractivity contribution in [3.05, 3.63) is 17.0 Å². The lowest BCUT2D eigenvalue weighted by atomic mass is 9.85. The van der Waals surface area contributed by atoms with Crippen LogP contribution in [0.1, 0.15) is 49.1 Å². The van der Waals surface area contributed by atoms with Crippen LogP contribution in [0.2, 0.25) is 0 Å². The first-order valence-corrected chi connectivity index (χ1v) is 6.04. The minimum atomic E-state index is 0.616. The molecule has 0 aromatic carbocycles. The maximum Gasteiger partial charge on any atom is 0.0690 e. The normalized spacial score (nSPS) is 20.3. The second kappa shape index (κ2) is 4.35. The van der Waals surface area contributed by atoms with Crippen LogP contribution < -0.4 is 5.73 Å².